The molecule has 0 radical (unpaired) electrons. The van der Waals surface area contributed by atoms with Crippen molar-refractivity contribution in [3.05, 3.63) is 59.2 Å². The fourth-order valence-electron chi connectivity index (χ4n) is 2.54. The van der Waals surface area contributed by atoms with E-state index in [2.05, 4.69) is 5.32 Å². The van der Waals surface area contributed by atoms with Crippen LogP contribution in [-0.2, 0) is 11.2 Å². The van der Waals surface area contributed by atoms with Crippen molar-refractivity contribution >= 4 is 5.91 Å². The van der Waals surface area contributed by atoms with Crippen LogP contribution >= 0.6 is 0 Å². The lowest BCUT2D eigenvalue weighted by Gasteiger charge is -2.19. The number of carbonyl (C=O) groups is 1. The lowest BCUT2D eigenvalue weighted by molar-refractivity contribution is -0.121. The molecule has 0 aliphatic carbocycles. The molecule has 6 heteroatoms. The van der Waals surface area contributed by atoms with Crippen molar-refractivity contribution in [1.82, 2.24) is 5.32 Å². The normalized spacial score (nSPS) is 14.1. The van der Waals surface area contributed by atoms with Gasteiger partial charge in [-0.1, -0.05) is 12.1 Å². The third kappa shape index (κ3) is 3.64. The van der Waals surface area contributed by atoms with Crippen LogP contribution in [0.25, 0.3) is 0 Å². The zero-order chi connectivity index (χ0) is 17.1. The Balaban J connectivity index is 1.63. The molecule has 24 heavy (non-hydrogen) atoms. The molecule has 4 nitrogen and oxygen atoms in total. The average molecular weight is 333 g/mol. The van der Waals surface area contributed by atoms with Gasteiger partial charge >= 0.3 is 0 Å². The molecule has 0 unspecified atom stereocenters. The van der Waals surface area contributed by atoms with Crippen molar-refractivity contribution in [3.63, 3.8) is 0 Å². The molecule has 0 bridgehead atoms. The highest BCUT2D eigenvalue weighted by Crippen LogP contribution is 2.30. The number of amides is 1. The monoisotopic (exact) mass is 333 g/mol. The quantitative estimate of drug-likeness (QED) is 0.935. The Bertz CT molecular complexity index is 764. The van der Waals surface area contributed by atoms with E-state index < -0.39 is 17.7 Å². The molecule has 1 aliphatic heterocycles. The Hall–Kier alpha value is -2.63. The zero-order valence-corrected chi connectivity index (χ0v) is 13.1. The van der Waals surface area contributed by atoms with Crippen LogP contribution in [0.15, 0.2) is 36.4 Å². The molecule has 1 amide bonds. The number of benzene rings is 2. The molecule has 126 valence electrons. The molecule has 2 aromatic rings. The SMILES string of the molecule is C[C@@H](NC(=O)Cc1ccc2c(c1)OCCO2)c1ccc(F)c(F)c1. The van der Waals surface area contributed by atoms with Gasteiger partial charge < -0.3 is 14.8 Å². The third-order valence-electron chi connectivity index (χ3n) is 3.79. The van der Waals surface area contributed by atoms with Crippen molar-refractivity contribution in [2.45, 2.75) is 19.4 Å². The van der Waals surface area contributed by atoms with Crippen LogP contribution in [0, 0.1) is 11.6 Å². The minimum absolute atomic E-state index is 0.157. The number of ether oxygens (including phenoxy) is 2. The van der Waals surface area contributed by atoms with Crippen LogP contribution in [-0.4, -0.2) is 19.1 Å². The Kier molecular flexibility index (Phi) is 4.64. The lowest BCUT2D eigenvalue weighted by Crippen LogP contribution is -2.28. The number of carbonyl (C=O) groups excluding carboxylic acids is 1. The lowest BCUT2D eigenvalue weighted by atomic mass is 10.1. The van der Waals surface area contributed by atoms with Gasteiger partial charge in [-0.2, -0.15) is 0 Å². The Morgan fingerprint density at radius 3 is 2.58 bits per heavy atom. The summed E-state index contributed by atoms with van der Waals surface area (Å²) in [4.78, 5) is 12.2. The molecule has 2 aromatic carbocycles. The van der Waals surface area contributed by atoms with Gasteiger partial charge in [0.25, 0.3) is 0 Å². The first kappa shape index (κ1) is 16.2. The van der Waals surface area contributed by atoms with E-state index in [0.29, 0.717) is 30.3 Å². The van der Waals surface area contributed by atoms with E-state index in [4.69, 9.17) is 9.47 Å². The molecular weight excluding hydrogens is 316 g/mol. The van der Waals surface area contributed by atoms with E-state index >= 15 is 0 Å². The number of rotatable bonds is 4. The Morgan fingerprint density at radius 2 is 1.83 bits per heavy atom. The molecule has 0 aromatic heterocycles. The minimum atomic E-state index is -0.930. The van der Waals surface area contributed by atoms with Crippen LogP contribution in [0.1, 0.15) is 24.1 Å². The van der Waals surface area contributed by atoms with Gasteiger partial charge in [-0.15, -0.1) is 0 Å². The molecule has 1 heterocycles. The molecule has 0 fully saturated rings. The number of hydrogen-bond acceptors (Lipinski definition) is 3. The maximum atomic E-state index is 13.3. The van der Waals surface area contributed by atoms with Gasteiger partial charge in [0.05, 0.1) is 12.5 Å². The predicted molar refractivity (Wildman–Crippen MR) is 84.1 cm³/mol. The minimum Gasteiger partial charge on any atom is -0.486 e. The fourth-order valence-corrected chi connectivity index (χ4v) is 2.54. The second kappa shape index (κ2) is 6.86. The van der Waals surface area contributed by atoms with E-state index in [-0.39, 0.29) is 12.3 Å². The van der Waals surface area contributed by atoms with Crippen LogP contribution in [0.4, 0.5) is 8.78 Å². The number of hydrogen-bond donors (Lipinski definition) is 1. The van der Waals surface area contributed by atoms with Gasteiger partial charge in [0.2, 0.25) is 5.91 Å². The molecule has 1 N–H and O–H groups in total. The van der Waals surface area contributed by atoms with Gasteiger partial charge in [-0.05, 0) is 42.3 Å². The van der Waals surface area contributed by atoms with Gasteiger partial charge in [0.15, 0.2) is 23.1 Å². The van der Waals surface area contributed by atoms with Crippen LogP contribution < -0.4 is 14.8 Å². The van der Waals surface area contributed by atoms with Crippen molar-refractivity contribution in [3.8, 4) is 11.5 Å². The van der Waals surface area contributed by atoms with E-state index in [9.17, 15) is 13.6 Å². The summed E-state index contributed by atoms with van der Waals surface area (Å²) in [7, 11) is 0. The first-order chi connectivity index (χ1) is 11.5. The molecule has 1 aliphatic rings. The van der Waals surface area contributed by atoms with Crippen LogP contribution in [0.2, 0.25) is 0 Å². The van der Waals surface area contributed by atoms with Crippen molar-refractivity contribution in [2.75, 3.05) is 13.2 Å². The first-order valence-electron chi connectivity index (χ1n) is 7.66. The standard InChI is InChI=1S/C18H17F2NO3/c1-11(13-3-4-14(19)15(20)10-13)21-18(22)9-12-2-5-16-17(8-12)24-7-6-23-16/h2-5,8,10-11H,6-7,9H2,1H3,(H,21,22)/t11-/m1/s1. The zero-order valence-electron chi connectivity index (χ0n) is 13.1. The number of nitrogens with one attached hydrogen (secondary N) is 1. The third-order valence-corrected chi connectivity index (χ3v) is 3.79. The second-order valence-electron chi connectivity index (χ2n) is 5.62. The summed E-state index contributed by atoms with van der Waals surface area (Å²) in [6.07, 6.45) is 0.157. The summed E-state index contributed by atoms with van der Waals surface area (Å²) in [6.45, 7) is 2.71. The number of halogens is 2. The van der Waals surface area contributed by atoms with Crippen molar-refractivity contribution in [2.24, 2.45) is 0 Å². The summed E-state index contributed by atoms with van der Waals surface area (Å²) in [5, 5.41) is 2.77. The average Bonchev–Trinajstić information content (AvgIpc) is 2.57. The molecule has 3 rings (SSSR count). The highest BCUT2D eigenvalue weighted by Gasteiger charge is 2.15. The van der Waals surface area contributed by atoms with E-state index in [1.54, 1.807) is 25.1 Å². The van der Waals surface area contributed by atoms with Crippen molar-refractivity contribution in [1.29, 1.82) is 0 Å². The summed E-state index contributed by atoms with van der Waals surface area (Å²) < 4.78 is 37.2. The van der Waals surface area contributed by atoms with Gasteiger partial charge in [0.1, 0.15) is 13.2 Å². The predicted octanol–water partition coefficient (Wildman–Crippen LogP) is 3.16. The molecule has 0 saturated carbocycles. The summed E-state index contributed by atoms with van der Waals surface area (Å²) >= 11 is 0. The van der Waals surface area contributed by atoms with E-state index in [0.717, 1.165) is 17.7 Å². The molecule has 0 spiro atoms. The number of fused-ring (bicyclic) bond motifs is 1. The largest absolute Gasteiger partial charge is 0.486 e. The highest BCUT2D eigenvalue weighted by atomic mass is 19.2. The summed E-state index contributed by atoms with van der Waals surface area (Å²) in [6, 6.07) is 8.51. The Labute approximate surface area is 138 Å². The maximum absolute atomic E-state index is 13.3. The molecule has 0 saturated heterocycles. The smallest absolute Gasteiger partial charge is 0.224 e. The highest BCUT2D eigenvalue weighted by molar-refractivity contribution is 5.79. The maximum Gasteiger partial charge on any atom is 0.224 e. The Morgan fingerprint density at radius 1 is 1.08 bits per heavy atom. The van der Waals surface area contributed by atoms with Crippen LogP contribution in [0.3, 0.4) is 0 Å². The molecule has 1 atom stereocenters. The van der Waals surface area contributed by atoms with E-state index in [1.807, 2.05) is 0 Å². The van der Waals surface area contributed by atoms with E-state index in [1.165, 1.54) is 6.07 Å². The summed E-state index contributed by atoms with van der Waals surface area (Å²) in [5.41, 5.74) is 1.29. The fraction of sp³-hybridized carbons (Fsp3) is 0.278. The van der Waals surface area contributed by atoms with Crippen molar-refractivity contribution < 1.29 is 23.0 Å². The topological polar surface area (TPSA) is 47.6 Å². The van der Waals surface area contributed by atoms with Gasteiger partial charge in [0, 0.05) is 0 Å². The van der Waals surface area contributed by atoms with Gasteiger partial charge in [-0.3, -0.25) is 4.79 Å². The second-order valence-corrected chi connectivity index (χ2v) is 5.62. The molecular formula is C18H17F2NO3. The van der Waals surface area contributed by atoms with Gasteiger partial charge in [-0.25, -0.2) is 8.78 Å². The summed E-state index contributed by atoms with van der Waals surface area (Å²) in [5.74, 6) is -0.765. The first-order valence-corrected chi connectivity index (χ1v) is 7.66. The van der Waals surface area contributed by atoms with Crippen LogP contribution in [0.5, 0.6) is 11.5 Å².